The first-order chi connectivity index (χ1) is 25.2. The molecule has 276 valence electrons. The van der Waals surface area contributed by atoms with Gasteiger partial charge in [0.1, 0.15) is 0 Å². The number of carbonyl (C=O) groups is 2. The molecule has 0 unspecified atom stereocenters. The molecule has 1 aliphatic rings. The van der Waals surface area contributed by atoms with Crippen LogP contribution in [0, 0.1) is 0 Å². The van der Waals surface area contributed by atoms with Gasteiger partial charge in [0.15, 0.2) is 6.29 Å². The van der Waals surface area contributed by atoms with Crippen LogP contribution in [0.2, 0.25) is 0 Å². The number of carboxylic acid groups (broad SMARTS) is 1. The highest BCUT2D eigenvalue weighted by molar-refractivity contribution is 5.76. The van der Waals surface area contributed by atoms with Crippen LogP contribution in [0.3, 0.4) is 0 Å². The number of hydrogen-bond acceptors (Lipinski definition) is 7. The van der Waals surface area contributed by atoms with Crippen molar-refractivity contribution in [2.24, 2.45) is 0 Å². The van der Waals surface area contributed by atoms with E-state index in [4.69, 9.17) is 14.6 Å². The van der Waals surface area contributed by atoms with Crippen molar-refractivity contribution in [2.45, 2.75) is 95.7 Å². The molecule has 4 N–H and O–H groups in total. The molecule has 0 radical (unpaired) electrons. The van der Waals surface area contributed by atoms with Crippen molar-refractivity contribution in [3.63, 3.8) is 0 Å². The molecule has 52 heavy (non-hydrogen) atoms. The van der Waals surface area contributed by atoms with Crippen LogP contribution >= 0.6 is 0 Å². The van der Waals surface area contributed by atoms with Crippen molar-refractivity contribution in [2.75, 3.05) is 13.6 Å². The second-order valence-electron chi connectivity index (χ2n) is 13.8. The minimum Gasteiger partial charge on any atom is -0.481 e. The molecule has 0 bridgehead atoms. The number of ether oxygens (including phenoxy) is 2. The number of unbranched alkanes of at least 4 members (excludes halogenated alkanes) is 3. The van der Waals surface area contributed by atoms with Gasteiger partial charge in [-0.05, 0) is 72.3 Å². The summed E-state index contributed by atoms with van der Waals surface area (Å²) in [6.45, 7) is 3.01. The zero-order valence-electron chi connectivity index (χ0n) is 30.2. The third kappa shape index (κ3) is 11.3. The standard InChI is InChI=1S/C43H52N2O7/c1-30(42(50)34-13-6-5-7-14-34)45(2)28-38-26-39(33-22-20-31(29-46)21-23-33)52-43(51-38)37-17-11-16-36(25-37)35-15-10-12-32(24-35)27-44-40(47)18-8-3-4-9-19-41(48)49/h5-7,10-17,20-25,30,38-39,42-43,46,50H,3-4,8-9,18-19,26-29H2,1-2H3,(H,44,47)(H,48,49)/t30-,38+,39-,42-,43-/m1/s1. The Morgan fingerprint density at radius 2 is 1.50 bits per heavy atom. The van der Waals surface area contributed by atoms with Crippen LogP contribution in [0.5, 0.6) is 0 Å². The van der Waals surface area contributed by atoms with Gasteiger partial charge in [0.05, 0.1) is 24.9 Å². The van der Waals surface area contributed by atoms with Crippen molar-refractivity contribution in [1.29, 1.82) is 0 Å². The number of amides is 1. The van der Waals surface area contributed by atoms with E-state index in [0.717, 1.165) is 58.2 Å². The Bertz CT molecular complexity index is 1710. The fourth-order valence-electron chi connectivity index (χ4n) is 6.62. The highest BCUT2D eigenvalue weighted by Crippen LogP contribution is 2.39. The summed E-state index contributed by atoms with van der Waals surface area (Å²) in [5.74, 6) is -0.793. The van der Waals surface area contributed by atoms with Crippen molar-refractivity contribution in [3.8, 4) is 11.1 Å². The number of aliphatic carboxylic acids is 1. The lowest BCUT2D eigenvalue weighted by Crippen LogP contribution is -2.43. The number of likely N-dealkylation sites (N-methyl/N-ethyl adjacent to an activating group) is 1. The molecule has 1 heterocycles. The third-order valence-corrected chi connectivity index (χ3v) is 9.85. The van der Waals surface area contributed by atoms with E-state index in [9.17, 15) is 19.8 Å². The van der Waals surface area contributed by atoms with E-state index in [0.29, 0.717) is 32.4 Å². The third-order valence-electron chi connectivity index (χ3n) is 9.85. The highest BCUT2D eigenvalue weighted by atomic mass is 16.7. The van der Waals surface area contributed by atoms with E-state index in [1.165, 1.54) is 0 Å². The fourth-order valence-corrected chi connectivity index (χ4v) is 6.62. The smallest absolute Gasteiger partial charge is 0.303 e. The Labute approximate surface area is 307 Å². The summed E-state index contributed by atoms with van der Waals surface area (Å²) in [4.78, 5) is 25.3. The quantitative estimate of drug-likeness (QED) is 0.0784. The summed E-state index contributed by atoms with van der Waals surface area (Å²) in [7, 11) is 2.01. The van der Waals surface area contributed by atoms with Crippen molar-refractivity contribution < 1.29 is 34.4 Å². The molecule has 4 aromatic rings. The summed E-state index contributed by atoms with van der Waals surface area (Å²) in [6, 6.07) is 33.7. The molecule has 0 aromatic heterocycles. The molecule has 0 aliphatic carbocycles. The maximum absolute atomic E-state index is 12.5. The number of carboxylic acids is 1. The monoisotopic (exact) mass is 708 g/mol. The Morgan fingerprint density at radius 3 is 2.21 bits per heavy atom. The number of rotatable bonds is 18. The number of aliphatic hydroxyl groups is 2. The maximum atomic E-state index is 12.5. The van der Waals surface area contributed by atoms with Gasteiger partial charge in [0.2, 0.25) is 5.91 Å². The van der Waals surface area contributed by atoms with Crippen LogP contribution < -0.4 is 5.32 Å². The Hall–Kier alpha value is -4.38. The number of carbonyl (C=O) groups excluding carboxylic acids is 1. The fraction of sp³-hybridized carbons (Fsp3) is 0.395. The molecule has 1 fully saturated rings. The Kier molecular flexibility index (Phi) is 14.5. The second kappa shape index (κ2) is 19.5. The normalized spacial score (nSPS) is 18.5. The van der Waals surface area contributed by atoms with Crippen molar-refractivity contribution >= 4 is 11.9 Å². The van der Waals surface area contributed by atoms with E-state index in [1.807, 2.05) is 98.9 Å². The van der Waals surface area contributed by atoms with Crippen LogP contribution in [0.1, 0.15) is 98.2 Å². The van der Waals surface area contributed by atoms with Gasteiger partial charge in [-0.3, -0.25) is 14.5 Å². The van der Waals surface area contributed by atoms with Crippen LogP contribution in [0.4, 0.5) is 0 Å². The zero-order chi connectivity index (χ0) is 36.9. The van der Waals surface area contributed by atoms with E-state index >= 15 is 0 Å². The number of nitrogens with one attached hydrogen (secondary N) is 1. The maximum Gasteiger partial charge on any atom is 0.303 e. The molecule has 5 rings (SSSR count). The van der Waals surface area contributed by atoms with E-state index in [1.54, 1.807) is 0 Å². The summed E-state index contributed by atoms with van der Waals surface area (Å²) in [6.07, 6.45) is 2.56. The van der Waals surface area contributed by atoms with Gasteiger partial charge < -0.3 is 30.1 Å². The minimum atomic E-state index is -0.781. The number of hydrogen-bond donors (Lipinski definition) is 4. The largest absolute Gasteiger partial charge is 0.481 e. The number of nitrogens with zero attached hydrogens (tertiary/aromatic N) is 1. The highest BCUT2D eigenvalue weighted by Gasteiger charge is 2.34. The molecule has 4 aromatic carbocycles. The summed E-state index contributed by atoms with van der Waals surface area (Å²) in [5.41, 5.74) is 6.62. The first kappa shape index (κ1) is 38.8. The topological polar surface area (TPSA) is 129 Å². The van der Waals surface area contributed by atoms with Gasteiger partial charge in [-0.2, -0.15) is 0 Å². The first-order valence-corrected chi connectivity index (χ1v) is 18.3. The minimum absolute atomic E-state index is 0.0121. The van der Waals surface area contributed by atoms with E-state index in [-0.39, 0.29) is 37.2 Å². The van der Waals surface area contributed by atoms with Crippen LogP contribution in [-0.4, -0.2) is 57.8 Å². The predicted octanol–water partition coefficient (Wildman–Crippen LogP) is 7.49. The van der Waals surface area contributed by atoms with Crippen LogP contribution in [0.25, 0.3) is 11.1 Å². The Morgan fingerprint density at radius 1 is 0.808 bits per heavy atom. The van der Waals surface area contributed by atoms with E-state index in [2.05, 4.69) is 28.4 Å². The van der Waals surface area contributed by atoms with Crippen LogP contribution in [-0.2, 0) is 32.2 Å². The molecule has 0 spiro atoms. The van der Waals surface area contributed by atoms with Gasteiger partial charge in [0, 0.05) is 44.0 Å². The van der Waals surface area contributed by atoms with E-state index < -0.39 is 18.4 Å². The second-order valence-corrected chi connectivity index (χ2v) is 13.8. The number of benzene rings is 4. The average Bonchev–Trinajstić information content (AvgIpc) is 3.18. The number of aliphatic hydroxyl groups excluding tert-OH is 2. The molecular formula is C43H52N2O7. The lowest BCUT2D eigenvalue weighted by atomic mass is 9.97. The predicted molar refractivity (Wildman–Crippen MR) is 201 cm³/mol. The van der Waals surface area contributed by atoms with Gasteiger partial charge in [-0.1, -0.05) is 104 Å². The molecule has 9 nitrogen and oxygen atoms in total. The van der Waals surface area contributed by atoms with Crippen molar-refractivity contribution in [3.05, 3.63) is 131 Å². The van der Waals surface area contributed by atoms with Gasteiger partial charge >= 0.3 is 5.97 Å². The summed E-state index contributed by atoms with van der Waals surface area (Å²) >= 11 is 0. The lowest BCUT2D eigenvalue weighted by Gasteiger charge is -2.39. The molecule has 9 heteroatoms. The van der Waals surface area contributed by atoms with Gasteiger partial charge in [0.25, 0.3) is 0 Å². The molecule has 5 atom stereocenters. The molecule has 1 aliphatic heterocycles. The lowest BCUT2D eigenvalue weighted by molar-refractivity contribution is -0.253. The first-order valence-electron chi connectivity index (χ1n) is 18.3. The molecule has 0 saturated carbocycles. The molecular weight excluding hydrogens is 656 g/mol. The van der Waals surface area contributed by atoms with Gasteiger partial charge in [-0.25, -0.2) is 0 Å². The van der Waals surface area contributed by atoms with Crippen molar-refractivity contribution in [1.82, 2.24) is 10.2 Å². The Balaban J connectivity index is 1.26. The SMILES string of the molecule is C[C@H]([C@@H](O)c1ccccc1)N(C)C[C@@H]1C[C@H](c2ccc(CO)cc2)O[C@H](c2cccc(-c3cccc(CNC(=O)CCCCCCC(=O)O)c3)c2)O1. The summed E-state index contributed by atoms with van der Waals surface area (Å²) < 4.78 is 13.3. The molecule has 1 saturated heterocycles. The molecule has 1 amide bonds. The zero-order valence-corrected chi connectivity index (χ0v) is 30.2. The van der Waals surface area contributed by atoms with Crippen LogP contribution in [0.15, 0.2) is 103 Å². The van der Waals surface area contributed by atoms with Gasteiger partial charge in [-0.15, -0.1) is 0 Å². The average molecular weight is 709 g/mol. The summed E-state index contributed by atoms with van der Waals surface area (Å²) in [5, 5.41) is 32.5.